The summed E-state index contributed by atoms with van der Waals surface area (Å²) in [5, 5.41) is 3.94. The van der Waals surface area contributed by atoms with Crippen LogP contribution in [0, 0.1) is 0 Å². The Balaban J connectivity index is 2.13. The van der Waals surface area contributed by atoms with Gasteiger partial charge in [-0.3, -0.25) is 4.68 Å². The molecule has 0 saturated heterocycles. The maximum absolute atomic E-state index is 11.9. The Morgan fingerprint density at radius 2 is 2.06 bits per heavy atom. The molecule has 2 aromatic heterocycles. The van der Waals surface area contributed by atoms with E-state index in [0.29, 0.717) is 0 Å². The average molecular weight is 288 g/mol. The second kappa shape index (κ2) is 5.01. The van der Waals surface area contributed by atoms with E-state index in [9.17, 15) is 8.42 Å². The molecule has 0 bridgehead atoms. The van der Waals surface area contributed by atoms with Gasteiger partial charge < -0.3 is 0 Å². The van der Waals surface area contributed by atoms with Crippen LogP contribution in [0.5, 0.6) is 0 Å². The van der Waals surface area contributed by atoms with Gasteiger partial charge >= 0.3 is 0 Å². The van der Waals surface area contributed by atoms with Gasteiger partial charge in [0.1, 0.15) is 4.90 Å². The van der Waals surface area contributed by atoms with Crippen LogP contribution in [0.15, 0.2) is 29.6 Å². The third-order valence-corrected chi connectivity index (χ3v) is 3.82. The van der Waals surface area contributed by atoms with Crippen molar-refractivity contribution in [1.82, 2.24) is 24.5 Å². The van der Waals surface area contributed by atoms with Gasteiger partial charge in [-0.05, 0) is 17.7 Å². The molecule has 0 saturated carbocycles. The topological polar surface area (TPSA) is 89.8 Å². The highest BCUT2D eigenvalue weighted by atomic mass is 35.5. The molecule has 0 fully saturated rings. The zero-order valence-electron chi connectivity index (χ0n) is 9.41. The number of sulfonamides is 1. The van der Waals surface area contributed by atoms with Gasteiger partial charge in [-0.15, -0.1) is 0 Å². The average Bonchev–Trinajstić information content (AvgIpc) is 2.73. The number of hydrogen-bond acceptors (Lipinski definition) is 5. The van der Waals surface area contributed by atoms with Gasteiger partial charge in [-0.25, -0.2) is 23.1 Å². The Bertz CT molecular complexity index is 637. The van der Waals surface area contributed by atoms with Crippen molar-refractivity contribution in [3.05, 3.63) is 35.6 Å². The minimum absolute atomic E-state index is 0.000541. The summed E-state index contributed by atoms with van der Waals surface area (Å²) >= 11 is 5.49. The first-order valence-electron chi connectivity index (χ1n) is 4.93. The molecule has 0 aliphatic rings. The van der Waals surface area contributed by atoms with Crippen LogP contribution in [0.2, 0.25) is 5.28 Å². The molecule has 1 N–H and O–H groups in total. The Labute approximate surface area is 109 Å². The third-order valence-electron chi connectivity index (χ3n) is 2.27. The van der Waals surface area contributed by atoms with Gasteiger partial charge in [-0.2, -0.15) is 5.10 Å². The highest BCUT2D eigenvalue weighted by Crippen LogP contribution is 2.08. The van der Waals surface area contributed by atoms with Gasteiger partial charge in [0.25, 0.3) is 0 Å². The predicted octanol–water partition coefficient (Wildman–Crippen LogP) is 0.342. The van der Waals surface area contributed by atoms with Crippen molar-refractivity contribution < 1.29 is 8.42 Å². The molecule has 0 spiro atoms. The molecule has 0 aliphatic carbocycles. The monoisotopic (exact) mass is 287 g/mol. The van der Waals surface area contributed by atoms with Crippen molar-refractivity contribution in [1.29, 1.82) is 0 Å². The minimum atomic E-state index is -3.64. The first-order valence-corrected chi connectivity index (χ1v) is 6.79. The summed E-state index contributed by atoms with van der Waals surface area (Å²) in [6, 6.07) is 1.72. The fourth-order valence-corrected chi connectivity index (χ4v) is 2.25. The smallest absolute Gasteiger partial charge is 0.243 e. The molecule has 96 valence electrons. The Morgan fingerprint density at radius 3 is 2.61 bits per heavy atom. The van der Waals surface area contributed by atoms with E-state index < -0.39 is 10.0 Å². The molecule has 18 heavy (non-hydrogen) atoms. The van der Waals surface area contributed by atoms with Crippen LogP contribution in [-0.2, 0) is 23.6 Å². The van der Waals surface area contributed by atoms with Crippen LogP contribution in [0.1, 0.15) is 5.69 Å². The van der Waals surface area contributed by atoms with E-state index >= 15 is 0 Å². The van der Waals surface area contributed by atoms with Crippen LogP contribution >= 0.6 is 11.6 Å². The summed E-state index contributed by atoms with van der Waals surface area (Å²) in [4.78, 5) is 7.22. The maximum atomic E-state index is 11.9. The lowest BCUT2D eigenvalue weighted by Gasteiger charge is -2.06. The van der Waals surface area contributed by atoms with Crippen molar-refractivity contribution >= 4 is 21.6 Å². The van der Waals surface area contributed by atoms with Crippen molar-refractivity contribution in [3.8, 4) is 0 Å². The summed E-state index contributed by atoms with van der Waals surface area (Å²) in [7, 11) is -1.91. The quantitative estimate of drug-likeness (QED) is 0.819. The van der Waals surface area contributed by atoms with Gasteiger partial charge in [0.2, 0.25) is 15.3 Å². The zero-order chi connectivity index (χ0) is 13.2. The number of hydrogen-bond donors (Lipinski definition) is 1. The van der Waals surface area contributed by atoms with Crippen LogP contribution in [0.4, 0.5) is 0 Å². The standard InChI is InChI=1S/C9H10ClN5O2S/c1-15-7(2-3-13-15)4-14-18(16,17)8-5-11-9(10)12-6-8/h2-3,5-6,14H,4H2,1H3. The van der Waals surface area contributed by atoms with Crippen LogP contribution < -0.4 is 4.72 Å². The third kappa shape index (κ3) is 2.84. The van der Waals surface area contributed by atoms with E-state index in [4.69, 9.17) is 11.6 Å². The van der Waals surface area contributed by atoms with Crippen molar-refractivity contribution in [2.45, 2.75) is 11.4 Å². The molecule has 7 nitrogen and oxygen atoms in total. The van der Waals surface area contributed by atoms with E-state index in [1.807, 2.05) is 0 Å². The van der Waals surface area contributed by atoms with Crippen molar-refractivity contribution in [2.24, 2.45) is 7.05 Å². The van der Waals surface area contributed by atoms with E-state index in [1.165, 1.54) is 0 Å². The maximum Gasteiger partial charge on any atom is 0.243 e. The second-order valence-electron chi connectivity index (χ2n) is 3.46. The summed E-state index contributed by atoms with van der Waals surface area (Å²) in [5.74, 6) is 0. The lowest BCUT2D eigenvalue weighted by Crippen LogP contribution is -2.24. The van der Waals surface area contributed by atoms with Gasteiger partial charge in [0.05, 0.1) is 24.6 Å². The number of halogens is 1. The molecule has 0 amide bonds. The largest absolute Gasteiger partial charge is 0.271 e. The SMILES string of the molecule is Cn1nccc1CNS(=O)(=O)c1cnc(Cl)nc1. The Morgan fingerprint density at radius 1 is 1.39 bits per heavy atom. The summed E-state index contributed by atoms with van der Waals surface area (Å²) < 4.78 is 27.8. The Hall–Kier alpha value is -1.51. The number of rotatable bonds is 4. The van der Waals surface area contributed by atoms with Crippen molar-refractivity contribution in [2.75, 3.05) is 0 Å². The fraction of sp³-hybridized carbons (Fsp3) is 0.222. The highest BCUT2D eigenvalue weighted by Gasteiger charge is 2.15. The molecule has 0 atom stereocenters. The summed E-state index contributed by atoms with van der Waals surface area (Å²) in [5.41, 5.74) is 0.744. The van der Waals surface area contributed by atoms with Gasteiger partial charge in [0.15, 0.2) is 0 Å². The van der Waals surface area contributed by atoms with E-state index in [1.54, 1.807) is 24.0 Å². The Kier molecular flexibility index (Phi) is 3.60. The number of aromatic nitrogens is 4. The number of nitrogens with zero attached hydrogens (tertiary/aromatic N) is 4. The highest BCUT2D eigenvalue weighted by molar-refractivity contribution is 7.89. The van der Waals surface area contributed by atoms with Gasteiger partial charge in [0, 0.05) is 13.2 Å². The first-order chi connectivity index (χ1) is 8.49. The lowest BCUT2D eigenvalue weighted by atomic mass is 10.4. The lowest BCUT2D eigenvalue weighted by molar-refractivity contribution is 0.576. The molecule has 2 heterocycles. The summed E-state index contributed by atoms with van der Waals surface area (Å²) in [6.45, 7) is 0.140. The molecule has 0 radical (unpaired) electrons. The van der Waals surface area contributed by atoms with Crippen LogP contribution in [0.25, 0.3) is 0 Å². The fourth-order valence-electron chi connectivity index (χ4n) is 1.27. The minimum Gasteiger partial charge on any atom is -0.271 e. The molecule has 9 heteroatoms. The van der Waals surface area contributed by atoms with E-state index in [-0.39, 0.29) is 16.7 Å². The first kappa shape index (κ1) is 12.9. The molecule has 2 rings (SSSR count). The molecule has 2 aromatic rings. The van der Waals surface area contributed by atoms with Crippen molar-refractivity contribution in [3.63, 3.8) is 0 Å². The van der Waals surface area contributed by atoms with Crippen LogP contribution in [-0.4, -0.2) is 28.2 Å². The molecular formula is C9H10ClN5O2S. The number of nitrogens with one attached hydrogen (secondary N) is 1. The zero-order valence-corrected chi connectivity index (χ0v) is 11.0. The molecule has 0 aromatic carbocycles. The molecular weight excluding hydrogens is 278 g/mol. The second-order valence-corrected chi connectivity index (χ2v) is 5.56. The molecule has 0 unspecified atom stereocenters. The number of aryl methyl sites for hydroxylation is 1. The van der Waals surface area contributed by atoms with Crippen LogP contribution in [0.3, 0.4) is 0 Å². The predicted molar refractivity (Wildman–Crippen MR) is 64.3 cm³/mol. The summed E-state index contributed by atoms with van der Waals surface area (Å²) in [6.07, 6.45) is 3.90. The molecule has 0 aliphatic heterocycles. The normalized spacial score (nSPS) is 11.7. The van der Waals surface area contributed by atoms with E-state index in [0.717, 1.165) is 18.1 Å². The van der Waals surface area contributed by atoms with Gasteiger partial charge in [-0.1, -0.05) is 0 Å². The van der Waals surface area contributed by atoms with E-state index in [2.05, 4.69) is 19.8 Å².